The molecule has 0 radical (unpaired) electrons. The molecule has 0 aliphatic rings. The van der Waals surface area contributed by atoms with Crippen LogP contribution in [0.5, 0.6) is 11.5 Å². The Kier molecular flexibility index (Phi) is 8.10. The molecule has 0 amide bonds. The van der Waals surface area contributed by atoms with Gasteiger partial charge in [0.1, 0.15) is 11.2 Å². The molecule has 188 valence electrons. The predicted molar refractivity (Wildman–Crippen MR) is 154 cm³/mol. The van der Waals surface area contributed by atoms with Crippen LogP contribution in [-0.2, 0) is 0 Å². The van der Waals surface area contributed by atoms with Gasteiger partial charge in [-0.25, -0.2) is 0 Å². The summed E-state index contributed by atoms with van der Waals surface area (Å²) in [4.78, 5) is 24.0. The van der Waals surface area contributed by atoms with Crippen molar-refractivity contribution in [1.82, 2.24) is 0 Å². The van der Waals surface area contributed by atoms with E-state index in [1.807, 2.05) is 36.4 Å². The van der Waals surface area contributed by atoms with Crippen molar-refractivity contribution in [2.75, 3.05) is 0 Å². The quantitative estimate of drug-likeness (QED) is 0.237. The van der Waals surface area contributed by atoms with Crippen molar-refractivity contribution >= 4 is 40.0 Å². The van der Waals surface area contributed by atoms with Gasteiger partial charge in [-0.1, -0.05) is 97.1 Å². The fraction of sp³-hybridized carbons (Fsp3) is 0. The highest BCUT2D eigenvalue weighted by molar-refractivity contribution is 7.77. The van der Waals surface area contributed by atoms with E-state index in [4.69, 9.17) is 8.83 Å². The topological polar surface area (TPSA) is 101 Å². The molecule has 2 heterocycles. The number of hydrogen-bond donors (Lipinski definition) is 2. The minimum absolute atomic E-state index is 0.208. The van der Waals surface area contributed by atoms with Gasteiger partial charge in [-0.2, -0.15) is 0 Å². The largest absolute Gasteiger partial charge is 0.502 e. The molecule has 0 bridgehead atoms. The van der Waals surface area contributed by atoms with E-state index in [9.17, 15) is 19.8 Å². The van der Waals surface area contributed by atoms with Crippen molar-refractivity contribution in [2.24, 2.45) is 0 Å². The average Bonchev–Trinajstić information content (AvgIpc) is 2.99. The van der Waals surface area contributed by atoms with Crippen molar-refractivity contribution in [3.05, 3.63) is 130 Å². The van der Waals surface area contributed by atoms with E-state index < -0.39 is 10.9 Å². The van der Waals surface area contributed by atoms with Gasteiger partial charge in [0.15, 0.2) is 11.5 Å². The Morgan fingerprint density at radius 3 is 1.18 bits per heavy atom. The van der Waals surface area contributed by atoms with Crippen LogP contribution in [0.3, 0.4) is 0 Å². The number of benzene rings is 4. The van der Waals surface area contributed by atoms with Crippen LogP contribution in [0.15, 0.2) is 128 Å². The number of aromatic hydroxyl groups is 2. The molecular formula is C31H22O6S. The van der Waals surface area contributed by atoms with Crippen molar-refractivity contribution in [3.63, 3.8) is 0 Å². The van der Waals surface area contributed by atoms with Crippen LogP contribution in [0.1, 0.15) is 0 Å². The number of thiocarbonyl (C=S) groups is 1. The minimum Gasteiger partial charge on any atom is -0.502 e. The summed E-state index contributed by atoms with van der Waals surface area (Å²) in [6.07, 6.45) is 0. The molecule has 6 aromatic rings. The molecule has 0 saturated heterocycles. The molecule has 0 unspecified atom stereocenters. The highest BCUT2D eigenvalue weighted by atomic mass is 32.1. The van der Waals surface area contributed by atoms with Crippen molar-refractivity contribution < 1.29 is 19.0 Å². The number of rotatable bonds is 2. The average molecular weight is 523 g/mol. The number of hydrogen-bond acceptors (Lipinski definition) is 7. The lowest BCUT2D eigenvalue weighted by atomic mass is 10.1. The van der Waals surface area contributed by atoms with Gasteiger partial charge in [0, 0.05) is 11.1 Å². The Morgan fingerprint density at radius 1 is 0.500 bits per heavy atom. The number of para-hydroxylation sites is 2. The summed E-state index contributed by atoms with van der Waals surface area (Å²) in [6.45, 7) is 0. The van der Waals surface area contributed by atoms with Gasteiger partial charge < -0.3 is 19.0 Å². The van der Waals surface area contributed by atoms with E-state index in [1.54, 1.807) is 72.8 Å². The molecule has 0 aliphatic carbocycles. The van der Waals surface area contributed by atoms with E-state index in [0.717, 1.165) is 0 Å². The lowest BCUT2D eigenvalue weighted by molar-refractivity contribution is 0.449. The summed E-state index contributed by atoms with van der Waals surface area (Å²) >= 11 is 3.83. The lowest BCUT2D eigenvalue weighted by Gasteiger charge is -2.05. The maximum Gasteiger partial charge on any atom is 0.235 e. The minimum atomic E-state index is -0.407. The Labute approximate surface area is 222 Å². The predicted octanol–water partition coefficient (Wildman–Crippen LogP) is 6.95. The van der Waals surface area contributed by atoms with Crippen LogP contribution in [-0.4, -0.2) is 16.1 Å². The summed E-state index contributed by atoms with van der Waals surface area (Å²) in [6, 6.07) is 31.9. The fourth-order valence-electron chi connectivity index (χ4n) is 3.83. The molecule has 0 spiro atoms. The first-order valence-electron chi connectivity index (χ1n) is 11.4. The molecule has 7 heteroatoms. The second-order valence-electron chi connectivity index (χ2n) is 7.94. The zero-order valence-electron chi connectivity index (χ0n) is 20.0. The summed E-state index contributed by atoms with van der Waals surface area (Å²) in [5.74, 6) is 2.55. The first-order chi connectivity index (χ1) is 18.5. The second kappa shape index (κ2) is 11.8. The summed E-state index contributed by atoms with van der Waals surface area (Å²) in [5.41, 5.74) is 1.49. The molecule has 38 heavy (non-hydrogen) atoms. The van der Waals surface area contributed by atoms with Crippen LogP contribution in [0.2, 0.25) is 0 Å². The first kappa shape index (κ1) is 26.1. The third-order valence-electron chi connectivity index (χ3n) is 5.62. The molecule has 4 aromatic carbocycles. The molecule has 2 N–H and O–H groups in total. The molecule has 0 saturated carbocycles. The van der Waals surface area contributed by atoms with Gasteiger partial charge >= 0.3 is 0 Å². The van der Waals surface area contributed by atoms with Gasteiger partial charge in [-0.3, -0.25) is 9.59 Å². The van der Waals surface area contributed by atoms with Gasteiger partial charge in [0.2, 0.25) is 22.4 Å². The monoisotopic (exact) mass is 522 g/mol. The Morgan fingerprint density at radius 2 is 0.816 bits per heavy atom. The first-order valence-corrected chi connectivity index (χ1v) is 12.0. The van der Waals surface area contributed by atoms with Crippen LogP contribution in [0.25, 0.3) is 44.6 Å². The van der Waals surface area contributed by atoms with Crippen LogP contribution >= 0.6 is 12.2 Å². The van der Waals surface area contributed by atoms with E-state index in [2.05, 4.69) is 18.1 Å². The smallest absolute Gasteiger partial charge is 0.235 e. The zero-order valence-corrected chi connectivity index (χ0v) is 20.9. The second-order valence-corrected chi connectivity index (χ2v) is 7.94. The molecule has 6 nitrogen and oxygen atoms in total. The van der Waals surface area contributed by atoms with Gasteiger partial charge in [0.25, 0.3) is 0 Å². The van der Waals surface area contributed by atoms with Crippen LogP contribution < -0.4 is 10.9 Å². The molecule has 2 aromatic heterocycles. The Balaban J connectivity index is 0.000000166. The Bertz CT molecular complexity index is 1670. The SMILES string of the molecule is C=S.O=c1c(O)c(-c2ccccc2)oc2ccccc12.O=c1c(O)c(-c2ccccc2)oc2ccccc12. The Hall–Kier alpha value is -5.01. The third kappa shape index (κ3) is 5.23. The summed E-state index contributed by atoms with van der Waals surface area (Å²) in [7, 11) is 0. The van der Waals surface area contributed by atoms with Crippen LogP contribution in [0.4, 0.5) is 0 Å². The molecule has 0 atom stereocenters. The van der Waals surface area contributed by atoms with Crippen molar-refractivity contribution in [1.29, 1.82) is 0 Å². The molecule has 0 aliphatic heterocycles. The highest BCUT2D eigenvalue weighted by Gasteiger charge is 2.15. The van der Waals surface area contributed by atoms with E-state index >= 15 is 0 Å². The highest BCUT2D eigenvalue weighted by Crippen LogP contribution is 2.30. The lowest BCUT2D eigenvalue weighted by Crippen LogP contribution is -2.02. The normalized spacial score (nSPS) is 10.2. The van der Waals surface area contributed by atoms with Gasteiger partial charge in [-0.15, -0.1) is 0 Å². The zero-order chi connectivity index (χ0) is 27.1. The maximum atomic E-state index is 12.0. The van der Waals surface area contributed by atoms with Crippen molar-refractivity contribution in [2.45, 2.75) is 0 Å². The summed E-state index contributed by atoms with van der Waals surface area (Å²) < 4.78 is 11.2. The van der Waals surface area contributed by atoms with E-state index in [-0.39, 0.29) is 23.0 Å². The van der Waals surface area contributed by atoms with Crippen LogP contribution in [0, 0.1) is 0 Å². The van der Waals surface area contributed by atoms with Gasteiger partial charge in [-0.05, 0) is 30.1 Å². The van der Waals surface area contributed by atoms with Crippen molar-refractivity contribution in [3.8, 4) is 34.1 Å². The van der Waals surface area contributed by atoms with Gasteiger partial charge in [0.05, 0.1) is 10.8 Å². The third-order valence-corrected chi connectivity index (χ3v) is 5.62. The molecule has 6 rings (SSSR count). The summed E-state index contributed by atoms with van der Waals surface area (Å²) in [5, 5.41) is 20.7. The van der Waals surface area contributed by atoms with E-state index in [1.165, 1.54) is 0 Å². The maximum absolute atomic E-state index is 12.0. The fourth-order valence-corrected chi connectivity index (χ4v) is 3.83. The number of fused-ring (bicyclic) bond motifs is 2. The van der Waals surface area contributed by atoms with E-state index in [0.29, 0.717) is 33.1 Å². The molecular weight excluding hydrogens is 500 g/mol. The molecule has 0 fully saturated rings. The standard InChI is InChI=1S/2C15H10O3.CH2S/c2*16-13-11-8-4-5-9-12(11)18-15(14(13)17)10-6-2-1-3-7-10;1-2/h2*1-9,17H;1H2.